The van der Waals surface area contributed by atoms with Gasteiger partial charge in [0, 0.05) is 71.2 Å². The average Bonchev–Trinajstić information content (AvgIpc) is 3.92. The Bertz CT molecular complexity index is 929. The molecule has 3 aromatic heterocycles. The molecule has 0 atom stereocenters. The highest BCUT2D eigenvalue weighted by atomic mass is 16.5. The quantitative estimate of drug-likeness (QED) is 0.0722. The number of hydrogen-bond donors (Lipinski definition) is 2. The summed E-state index contributed by atoms with van der Waals surface area (Å²) in [6.45, 7) is 12.9. The summed E-state index contributed by atoms with van der Waals surface area (Å²) in [5.41, 5.74) is -0.208. The fraction of sp³-hybridized carbons (Fsp3) is 0.676. The molecule has 0 spiro atoms. The minimum absolute atomic E-state index is 0.208. The lowest BCUT2D eigenvalue weighted by Crippen LogP contribution is -2.37. The van der Waals surface area contributed by atoms with E-state index < -0.39 is 0 Å². The van der Waals surface area contributed by atoms with Crippen LogP contribution in [0.1, 0.15) is 62.7 Å². The van der Waals surface area contributed by atoms with E-state index in [-0.39, 0.29) is 5.41 Å². The van der Waals surface area contributed by atoms with Gasteiger partial charge in [0.2, 0.25) is 0 Å². The summed E-state index contributed by atoms with van der Waals surface area (Å²) in [6.07, 6.45) is 11.6. The molecule has 0 radical (unpaired) electrons. The average molecular weight is 677 g/mol. The Labute approximate surface area is 287 Å². The van der Waals surface area contributed by atoms with Crippen molar-refractivity contribution in [2.45, 2.75) is 65.0 Å². The third-order valence-corrected chi connectivity index (χ3v) is 7.85. The fourth-order valence-electron chi connectivity index (χ4n) is 4.89. The molecule has 0 amide bonds. The van der Waals surface area contributed by atoms with Crippen LogP contribution in [0.2, 0.25) is 0 Å². The lowest BCUT2D eigenvalue weighted by atomic mass is 9.88. The van der Waals surface area contributed by atoms with Gasteiger partial charge >= 0.3 is 0 Å². The summed E-state index contributed by atoms with van der Waals surface area (Å²) in [7, 11) is 0. The van der Waals surface area contributed by atoms with E-state index in [4.69, 9.17) is 41.7 Å². The molecule has 11 nitrogen and oxygen atoms in total. The molecule has 0 aliphatic carbocycles. The molecule has 0 bridgehead atoms. The Hall–Kier alpha value is -2.48. The maximum atomic E-state index is 6.16. The minimum Gasteiger partial charge on any atom is -0.469 e. The Morgan fingerprint density at radius 3 is 1.35 bits per heavy atom. The number of ether oxygens (including phenoxy) is 6. The zero-order valence-corrected chi connectivity index (χ0v) is 29.1. The number of rotatable bonds is 34. The molecule has 272 valence electrons. The van der Waals surface area contributed by atoms with E-state index in [2.05, 4.69) is 17.6 Å². The lowest BCUT2D eigenvalue weighted by molar-refractivity contribution is -0.0768. The topological polar surface area (TPSA) is 119 Å². The zero-order chi connectivity index (χ0) is 33.6. The molecule has 11 heteroatoms. The predicted octanol–water partition coefficient (Wildman–Crippen LogP) is 6.03. The van der Waals surface area contributed by atoms with E-state index in [0.717, 1.165) is 81.9 Å². The second-order valence-corrected chi connectivity index (χ2v) is 12.0. The van der Waals surface area contributed by atoms with Gasteiger partial charge in [0.1, 0.15) is 17.3 Å². The van der Waals surface area contributed by atoms with Crippen molar-refractivity contribution in [3.05, 3.63) is 72.5 Å². The van der Waals surface area contributed by atoms with Crippen LogP contribution in [-0.2, 0) is 47.9 Å². The van der Waals surface area contributed by atoms with Crippen molar-refractivity contribution in [2.24, 2.45) is 5.41 Å². The van der Waals surface area contributed by atoms with Gasteiger partial charge in [0.25, 0.3) is 0 Å². The first kappa shape index (κ1) is 40.0. The van der Waals surface area contributed by atoms with Crippen LogP contribution in [0.25, 0.3) is 0 Å². The van der Waals surface area contributed by atoms with E-state index in [1.807, 2.05) is 36.4 Å². The number of aryl methyl sites for hydroxylation is 1. The van der Waals surface area contributed by atoms with Crippen molar-refractivity contribution in [3.63, 3.8) is 0 Å². The summed E-state index contributed by atoms with van der Waals surface area (Å²) in [5.74, 6) is 2.89. The second-order valence-electron chi connectivity index (χ2n) is 12.0. The molecule has 2 N–H and O–H groups in total. The van der Waals surface area contributed by atoms with Crippen molar-refractivity contribution in [2.75, 3.05) is 92.4 Å². The molecule has 0 saturated heterocycles. The molecule has 3 heterocycles. The molecular weight excluding hydrogens is 616 g/mol. The van der Waals surface area contributed by atoms with E-state index in [9.17, 15) is 0 Å². The highest BCUT2D eigenvalue weighted by Crippen LogP contribution is 2.24. The molecule has 48 heavy (non-hydrogen) atoms. The molecule has 3 rings (SSSR count). The van der Waals surface area contributed by atoms with Gasteiger partial charge in [0.05, 0.1) is 64.9 Å². The van der Waals surface area contributed by atoms with Gasteiger partial charge < -0.3 is 52.3 Å². The predicted molar refractivity (Wildman–Crippen MR) is 184 cm³/mol. The van der Waals surface area contributed by atoms with Crippen LogP contribution in [0.15, 0.2) is 68.4 Å². The largest absolute Gasteiger partial charge is 0.469 e. The first-order valence-corrected chi connectivity index (χ1v) is 17.7. The van der Waals surface area contributed by atoms with Gasteiger partial charge in [-0.1, -0.05) is 6.92 Å². The number of nitrogens with one attached hydrogen (secondary N) is 2. The number of unbranched alkanes of at least 4 members (excludes halogenated alkanes) is 1. The van der Waals surface area contributed by atoms with Crippen molar-refractivity contribution in [1.82, 2.24) is 10.6 Å². The zero-order valence-electron chi connectivity index (χ0n) is 29.1. The fourth-order valence-corrected chi connectivity index (χ4v) is 4.89. The Kier molecular flexibility index (Phi) is 22.8. The number of furan rings is 3. The first-order chi connectivity index (χ1) is 23.8. The molecular formula is C37H60N2O9. The van der Waals surface area contributed by atoms with E-state index in [1.54, 1.807) is 18.8 Å². The van der Waals surface area contributed by atoms with Crippen molar-refractivity contribution in [1.29, 1.82) is 0 Å². The van der Waals surface area contributed by atoms with Crippen LogP contribution >= 0.6 is 0 Å². The third-order valence-electron chi connectivity index (χ3n) is 7.85. The summed E-state index contributed by atoms with van der Waals surface area (Å²) in [6, 6.07) is 11.7. The monoisotopic (exact) mass is 676 g/mol. The van der Waals surface area contributed by atoms with E-state index in [1.165, 1.54) is 0 Å². The summed E-state index contributed by atoms with van der Waals surface area (Å²) >= 11 is 0. The second kappa shape index (κ2) is 27.4. The molecule has 0 aromatic carbocycles. The lowest BCUT2D eigenvalue weighted by Gasteiger charge is -2.32. The Morgan fingerprint density at radius 2 is 0.917 bits per heavy atom. The molecule has 0 fully saturated rings. The van der Waals surface area contributed by atoms with Crippen LogP contribution in [-0.4, -0.2) is 92.4 Å². The van der Waals surface area contributed by atoms with Crippen LogP contribution in [0, 0.1) is 5.41 Å². The highest BCUT2D eigenvalue weighted by molar-refractivity contribution is 4.98. The van der Waals surface area contributed by atoms with Gasteiger partial charge in [-0.05, 0) is 74.9 Å². The van der Waals surface area contributed by atoms with Crippen LogP contribution in [0.4, 0.5) is 0 Å². The van der Waals surface area contributed by atoms with Crippen LogP contribution < -0.4 is 10.6 Å². The van der Waals surface area contributed by atoms with Gasteiger partial charge in [-0.2, -0.15) is 0 Å². The van der Waals surface area contributed by atoms with E-state index in [0.29, 0.717) is 85.8 Å². The maximum absolute atomic E-state index is 6.16. The molecule has 0 aliphatic rings. The van der Waals surface area contributed by atoms with Gasteiger partial charge in [0.15, 0.2) is 0 Å². The summed E-state index contributed by atoms with van der Waals surface area (Å²) in [5, 5.41) is 6.62. The van der Waals surface area contributed by atoms with Crippen molar-refractivity contribution in [3.8, 4) is 0 Å². The maximum Gasteiger partial charge on any atom is 0.117 e. The molecule has 0 saturated carbocycles. The minimum atomic E-state index is -0.208. The SMILES string of the molecule is CCC(COCCCOCCCCc1ccco1)(COCCCOCCNCc1ccco1)COCCCOCCNCc1ccco1. The first-order valence-electron chi connectivity index (χ1n) is 17.7. The van der Waals surface area contributed by atoms with Gasteiger partial charge in [-0.25, -0.2) is 0 Å². The number of hydrogen-bond acceptors (Lipinski definition) is 11. The highest BCUT2D eigenvalue weighted by Gasteiger charge is 2.29. The van der Waals surface area contributed by atoms with Crippen LogP contribution in [0.5, 0.6) is 0 Å². The summed E-state index contributed by atoms with van der Waals surface area (Å²) in [4.78, 5) is 0. The van der Waals surface area contributed by atoms with Gasteiger partial charge in [-0.3, -0.25) is 0 Å². The van der Waals surface area contributed by atoms with Crippen molar-refractivity contribution < 1.29 is 41.7 Å². The third kappa shape index (κ3) is 19.5. The molecule has 3 aromatic rings. The standard InChI is InChI=1S/C37H60N2O9/c1-2-37(31-43-21-8-18-40-17-4-3-11-34-12-5-24-46-34,32-44-22-9-19-41-27-15-38-29-35-13-6-25-47-35)33-45-23-10-20-42-28-16-39-30-36-14-7-26-48-36/h5-7,12-14,24-26,38-39H,2-4,8-11,15-23,27-33H2,1H3. The van der Waals surface area contributed by atoms with E-state index >= 15 is 0 Å². The normalized spacial score (nSPS) is 11.9. The van der Waals surface area contributed by atoms with Gasteiger partial charge in [-0.15, -0.1) is 0 Å². The molecule has 0 unspecified atom stereocenters. The smallest absolute Gasteiger partial charge is 0.117 e. The molecule has 0 aliphatic heterocycles. The Morgan fingerprint density at radius 1 is 0.500 bits per heavy atom. The van der Waals surface area contributed by atoms with Crippen molar-refractivity contribution >= 4 is 0 Å². The van der Waals surface area contributed by atoms with Crippen LogP contribution in [0.3, 0.4) is 0 Å². The Balaban J connectivity index is 1.23. The summed E-state index contributed by atoms with van der Waals surface area (Å²) < 4.78 is 51.8.